The third-order valence-corrected chi connectivity index (χ3v) is 2.21. The van der Waals surface area contributed by atoms with Crippen LogP contribution in [0.5, 0.6) is 0 Å². The smallest absolute Gasteiger partial charge is 0.136 e. The van der Waals surface area contributed by atoms with Crippen LogP contribution in [-0.2, 0) is 2.14 Å². The largest absolute Gasteiger partial charge is 0.178 e. The Bertz CT molecular complexity index is 257. The highest BCUT2D eigenvalue weighted by Crippen LogP contribution is 2.42. The van der Waals surface area contributed by atoms with Gasteiger partial charge in [0.25, 0.3) is 0 Å². The summed E-state index contributed by atoms with van der Waals surface area (Å²) in [4.78, 5) is 0. The molecule has 0 saturated heterocycles. The number of halogens is 3. The van der Waals surface area contributed by atoms with E-state index in [1.807, 2.05) is 13.0 Å². The first-order chi connectivity index (χ1) is 5.00. The molecule has 0 atom stereocenters. The van der Waals surface area contributed by atoms with Crippen LogP contribution in [0.4, 0.5) is 0 Å². The Balaban J connectivity index is 3.06. The molecule has 0 fully saturated rings. The van der Waals surface area contributed by atoms with Crippen molar-refractivity contribution in [3.8, 4) is 0 Å². The highest BCUT2D eigenvalue weighted by atomic mass is 80.0. The van der Waals surface area contributed by atoms with Gasteiger partial charge >= 0.3 is 0 Å². The molecule has 6 heteroatoms. The lowest BCUT2D eigenvalue weighted by Crippen LogP contribution is -2.05. The van der Waals surface area contributed by atoms with Crippen LogP contribution in [0, 0.1) is 6.92 Å². The fraction of sp³-hybridized carbons (Fsp3) is 0.400. The summed E-state index contributed by atoms with van der Waals surface area (Å²) in [5, 5.41) is 11.1. The molecule has 3 nitrogen and oxygen atoms in total. The first kappa shape index (κ1) is 9.54. The van der Waals surface area contributed by atoms with Gasteiger partial charge in [-0.25, -0.2) is 0 Å². The standard InChI is InChI=1S/C5H4Br3N3/c1-3-2-4(5(6,7)8)10-11-9-3/h2H,1H3. The van der Waals surface area contributed by atoms with E-state index in [9.17, 15) is 0 Å². The number of hydrogen-bond donors (Lipinski definition) is 0. The van der Waals surface area contributed by atoms with E-state index < -0.39 is 2.14 Å². The predicted octanol–water partition coefficient (Wildman–Crippen LogP) is 2.48. The Hall–Kier alpha value is 0.450. The second-order valence-electron chi connectivity index (χ2n) is 1.96. The lowest BCUT2D eigenvalue weighted by atomic mass is 10.4. The van der Waals surface area contributed by atoms with Crippen molar-refractivity contribution < 1.29 is 0 Å². The lowest BCUT2D eigenvalue weighted by Gasteiger charge is -2.09. The van der Waals surface area contributed by atoms with Crippen LogP contribution < -0.4 is 0 Å². The van der Waals surface area contributed by atoms with Crippen molar-refractivity contribution in [2.75, 3.05) is 0 Å². The van der Waals surface area contributed by atoms with Gasteiger partial charge in [0.1, 0.15) is 5.69 Å². The molecular formula is C5H4Br3N3. The van der Waals surface area contributed by atoms with E-state index in [2.05, 4.69) is 63.2 Å². The molecule has 11 heavy (non-hydrogen) atoms. The van der Waals surface area contributed by atoms with Gasteiger partial charge in [-0.1, -0.05) is 47.8 Å². The minimum Gasteiger partial charge on any atom is -0.136 e. The summed E-state index contributed by atoms with van der Waals surface area (Å²) in [6.07, 6.45) is 0. The van der Waals surface area contributed by atoms with Crippen molar-refractivity contribution in [1.82, 2.24) is 15.4 Å². The number of aromatic nitrogens is 3. The third-order valence-electron chi connectivity index (χ3n) is 0.991. The van der Waals surface area contributed by atoms with Crippen molar-refractivity contribution >= 4 is 47.8 Å². The van der Waals surface area contributed by atoms with Crippen molar-refractivity contribution in [3.63, 3.8) is 0 Å². The summed E-state index contributed by atoms with van der Waals surface area (Å²) in [5.74, 6) is 0. The summed E-state index contributed by atoms with van der Waals surface area (Å²) in [7, 11) is 0. The van der Waals surface area contributed by atoms with Crippen LogP contribution in [0.3, 0.4) is 0 Å². The van der Waals surface area contributed by atoms with Crippen molar-refractivity contribution in [2.24, 2.45) is 0 Å². The summed E-state index contributed by atoms with van der Waals surface area (Å²) >= 11 is 9.97. The Labute approximate surface area is 89.4 Å². The molecule has 0 amide bonds. The van der Waals surface area contributed by atoms with Crippen LogP contribution in [-0.4, -0.2) is 15.4 Å². The molecule has 0 N–H and O–H groups in total. The van der Waals surface area contributed by atoms with Crippen molar-refractivity contribution in [2.45, 2.75) is 9.07 Å². The molecule has 0 bridgehead atoms. The van der Waals surface area contributed by atoms with Gasteiger partial charge in [0.05, 0.1) is 5.69 Å². The number of alkyl halides is 3. The summed E-state index contributed by atoms with van der Waals surface area (Å²) < 4.78 is -0.492. The molecule has 1 aromatic rings. The maximum atomic E-state index is 3.81. The fourth-order valence-corrected chi connectivity index (χ4v) is 1.12. The maximum Gasteiger partial charge on any atom is 0.178 e. The minimum absolute atomic E-state index is 0.492. The van der Waals surface area contributed by atoms with Crippen LogP contribution in [0.15, 0.2) is 6.07 Å². The molecular weight excluding hydrogens is 342 g/mol. The van der Waals surface area contributed by atoms with E-state index in [0.29, 0.717) is 0 Å². The molecule has 0 aliphatic rings. The van der Waals surface area contributed by atoms with Crippen molar-refractivity contribution in [1.29, 1.82) is 0 Å². The van der Waals surface area contributed by atoms with Gasteiger partial charge in [-0.15, -0.1) is 10.2 Å². The highest BCUT2D eigenvalue weighted by molar-refractivity contribution is 9.38. The van der Waals surface area contributed by atoms with E-state index >= 15 is 0 Å². The second kappa shape index (κ2) is 3.45. The van der Waals surface area contributed by atoms with Crippen LogP contribution in [0.25, 0.3) is 0 Å². The van der Waals surface area contributed by atoms with Gasteiger partial charge in [-0.05, 0) is 18.2 Å². The first-order valence-corrected chi connectivity index (χ1v) is 5.12. The van der Waals surface area contributed by atoms with Crippen LogP contribution in [0.1, 0.15) is 11.4 Å². The molecule has 1 heterocycles. The van der Waals surface area contributed by atoms with Gasteiger partial charge in [-0.2, -0.15) is 0 Å². The molecule has 0 radical (unpaired) electrons. The predicted molar refractivity (Wildman–Crippen MR) is 53.0 cm³/mol. The second-order valence-corrected chi connectivity index (χ2v) is 8.72. The fourth-order valence-electron chi connectivity index (χ4n) is 0.535. The van der Waals surface area contributed by atoms with E-state index in [1.165, 1.54) is 0 Å². The molecule has 1 aromatic heterocycles. The van der Waals surface area contributed by atoms with Gasteiger partial charge < -0.3 is 0 Å². The zero-order valence-corrected chi connectivity index (χ0v) is 10.3. The van der Waals surface area contributed by atoms with Gasteiger partial charge in [0.2, 0.25) is 0 Å². The van der Waals surface area contributed by atoms with Gasteiger partial charge in [0.15, 0.2) is 2.14 Å². The SMILES string of the molecule is Cc1cc(C(Br)(Br)Br)nnn1. The summed E-state index contributed by atoms with van der Waals surface area (Å²) in [6.45, 7) is 1.86. The van der Waals surface area contributed by atoms with Gasteiger partial charge in [-0.3, -0.25) is 0 Å². The number of nitrogens with zero attached hydrogens (tertiary/aromatic N) is 3. The molecule has 0 unspecified atom stereocenters. The first-order valence-electron chi connectivity index (χ1n) is 2.74. The Kier molecular flexibility index (Phi) is 2.99. The molecule has 60 valence electrons. The number of aryl methyl sites for hydroxylation is 1. The average molecular weight is 346 g/mol. The monoisotopic (exact) mass is 343 g/mol. The molecule has 0 aliphatic heterocycles. The molecule has 0 aliphatic carbocycles. The molecule has 0 spiro atoms. The summed E-state index contributed by atoms with van der Waals surface area (Å²) in [6, 6.07) is 1.82. The van der Waals surface area contributed by atoms with E-state index in [0.717, 1.165) is 11.4 Å². The number of hydrogen-bond acceptors (Lipinski definition) is 3. The van der Waals surface area contributed by atoms with Crippen LogP contribution in [0.2, 0.25) is 0 Å². The quantitative estimate of drug-likeness (QED) is 0.678. The number of rotatable bonds is 0. The Morgan fingerprint density at radius 3 is 2.27 bits per heavy atom. The molecule has 0 saturated carbocycles. The zero-order valence-electron chi connectivity index (χ0n) is 5.55. The Morgan fingerprint density at radius 1 is 1.27 bits per heavy atom. The molecule has 0 aromatic carbocycles. The average Bonchev–Trinajstić information content (AvgIpc) is 1.86. The zero-order chi connectivity index (χ0) is 8.48. The highest BCUT2D eigenvalue weighted by Gasteiger charge is 2.23. The van der Waals surface area contributed by atoms with E-state index in [-0.39, 0.29) is 0 Å². The normalized spacial score (nSPS) is 11.6. The minimum atomic E-state index is -0.492. The Morgan fingerprint density at radius 2 is 1.91 bits per heavy atom. The van der Waals surface area contributed by atoms with Crippen molar-refractivity contribution in [3.05, 3.63) is 17.5 Å². The van der Waals surface area contributed by atoms with Crippen LogP contribution >= 0.6 is 47.8 Å². The molecule has 1 rings (SSSR count). The van der Waals surface area contributed by atoms with E-state index in [1.54, 1.807) is 0 Å². The van der Waals surface area contributed by atoms with Gasteiger partial charge in [0, 0.05) is 0 Å². The maximum absolute atomic E-state index is 3.81. The summed E-state index contributed by atoms with van der Waals surface area (Å²) in [5.41, 5.74) is 1.57. The topological polar surface area (TPSA) is 38.7 Å². The van der Waals surface area contributed by atoms with E-state index in [4.69, 9.17) is 0 Å². The lowest BCUT2D eigenvalue weighted by molar-refractivity contribution is 0.808. The third kappa shape index (κ3) is 2.76.